The maximum absolute atomic E-state index is 4.35. The molecule has 0 aliphatic carbocycles. The molecule has 15 heavy (non-hydrogen) atoms. The molecule has 0 saturated carbocycles. The van der Waals surface area contributed by atoms with Crippen molar-refractivity contribution in [1.29, 1.82) is 0 Å². The molecule has 76 valence electrons. The van der Waals surface area contributed by atoms with Gasteiger partial charge < -0.3 is 0 Å². The van der Waals surface area contributed by atoms with Gasteiger partial charge in [-0.3, -0.25) is 4.98 Å². The lowest BCUT2D eigenvalue weighted by molar-refractivity contribution is 0.867. The molecule has 1 aromatic heterocycles. The van der Waals surface area contributed by atoms with Crippen molar-refractivity contribution in [3.05, 3.63) is 54.2 Å². The summed E-state index contributed by atoms with van der Waals surface area (Å²) in [7, 11) is 0. The van der Waals surface area contributed by atoms with Crippen LogP contribution in [0.3, 0.4) is 0 Å². The molecule has 0 radical (unpaired) electrons. The molecule has 1 aromatic carbocycles. The van der Waals surface area contributed by atoms with Crippen molar-refractivity contribution in [1.82, 2.24) is 4.98 Å². The van der Waals surface area contributed by atoms with Crippen LogP contribution in [0.1, 0.15) is 25.3 Å². The van der Waals surface area contributed by atoms with Gasteiger partial charge in [0, 0.05) is 11.8 Å². The van der Waals surface area contributed by atoms with Crippen LogP contribution in [-0.2, 0) is 0 Å². The zero-order valence-electron chi connectivity index (χ0n) is 9.14. The Bertz CT molecular complexity index is 432. The summed E-state index contributed by atoms with van der Waals surface area (Å²) in [4.78, 5) is 4.35. The second-order valence-corrected chi connectivity index (χ2v) is 4.00. The van der Waals surface area contributed by atoms with Gasteiger partial charge in [0.1, 0.15) is 0 Å². The van der Waals surface area contributed by atoms with Crippen LogP contribution in [0.5, 0.6) is 0 Å². The lowest BCUT2D eigenvalue weighted by atomic mass is 9.99. The van der Waals surface area contributed by atoms with Gasteiger partial charge in [-0.15, -0.1) is 0 Å². The number of pyridine rings is 1. The van der Waals surface area contributed by atoms with Crippen LogP contribution >= 0.6 is 0 Å². The molecule has 2 aromatic rings. The fourth-order valence-electron chi connectivity index (χ4n) is 1.59. The highest BCUT2D eigenvalue weighted by atomic mass is 14.7. The highest BCUT2D eigenvalue weighted by Gasteiger charge is 2.02. The molecule has 0 spiro atoms. The Morgan fingerprint density at radius 1 is 1.00 bits per heavy atom. The zero-order chi connectivity index (χ0) is 10.7. The molecule has 0 saturated heterocycles. The van der Waals surface area contributed by atoms with Crippen LogP contribution in [0.4, 0.5) is 0 Å². The summed E-state index contributed by atoms with van der Waals surface area (Å²) in [6.07, 6.45) is 1.83. The van der Waals surface area contributed by atoms with Gasteiger partial charge in [0.25, 0.3) is 0 Å². The Balaban J connectivity index is 2.42. The average Bonchev–Trinajstić information content (AvgIpc) is 2.30. The van der Waals surface area contributed by atoms with Crippen LogP contribution in [0, 0.1) is 0 Å². The largest absolute Gasteiger partial charge is 0.256 e. The summed E-state index contributed by atoms with van der Waals surface area (Å²) in [5.41, 5.74) is 3.60. The van der Waals surface area contributed by atoms with Crippen molar-refractivity contribution in [2.24, 2.45) is 0 Å². The SMILES string of the molecule is CC(C)c1cccc(-c2ccccn2)c1. The first-order chi connectivity index (χ1) is 7.27. The Morgan fingerprint density at radius 3 is 2.53 bits per heavy atom. The third kappa shape index (κ3) is 2.24. The van der Waals surface area contributed by atoms with Crippen LogP contribution < -0.4 is 0 Å². The molecule has 0 aliphatic heterocycles. The monoisotopic (exact) mass is 197 g/mol. The molecule has 0 fully saturated rings. The third-order valence-electron chi connectivity index (χ3n) is 2.51. The summed E-state index contributed by atoms with van der Waals surface area (Å²) in [6.45, 7) is 4.41. The average molecular weight is 197 g/mol. The summed E-state index contributed by atoms with van der Waals surface area (Å²) in [5, 5.41) is 0. The smallest absolute Gasteiger partial charge is 0.0702 e. The van der Waals surface area contributed by atoms with E-state index >= 15 is 0 Å². The molecular weight excluding hydrogens is 182 g/mol. The fraction of sp³-hybridized carbons (Fsp3) is 0.214. The topological polar surface area (TPSA) is 12.9 Å². The molecule has 0 unspecified atom stereocenters. The molecule has 0 aliphatic rings. The molecule has 0 N–H and O–H groups in total. The second kappa shape index (κ2) is 4.26. The first-order valence-electron chi connectivity index (χ1n) is 5.29. The summed E-state index contributed by atoms with van der Waals surface area (Å²) >= 11 is 0. The van der Waals surface area contributed by atoms with Crippen LogP contribution in [-0.4, -0.2) is 4.98 Å². The van der Waals surface area contributed by atoms with Crippen LogP contribution in [0.2, 0.25) is 0 Å². The van der Waals surface area contributed by atoms with Crippen LogP contribution in [0.15, 0.2) is 48.7 Å². The first kappa shape index (κ1) is 9.91. The molecular formula is C14H15N. The van der Waals surface area contributed by atoms with Gasteiger partial charge in [-0.05, 0) is 29.7 Å². The lowest BCUT2D eigenvalue weighted by Crippen LogP contribution is -1.88. The van der Waals surface area contributed by atoms with Gasteiger partial charge in [-0.1, -0.05) is 38.1 Å². The standard InChI is InChI=1S/C14H15N/c1-11(2)12-6-5-7-13(10-12)14-8-3-4-9-15-14/h3-11H,1-2H3. The molecule has 2 rings (SSSR count). The van der Waals surface area contributed by atoms with E-state index < -0.39 is 0 Å². The van der Waals surface area contributed by atoms with Crippen molar-refractivity contribution in [3.8, 4) is 11.3 Å². The third-order valence-corrected chi connectivity index (χ3v) is 2.51. The molecule has 0 bridgehead atoms. The molecule has 0 atom stereocenters. The number of aromatic nitrogens is 1. The van der Waals surface area contributed by atoms with E-state index in [1.807, 2.05) is 24.4 Å². The van der Waals surface area contributed by atoms with Crippen molar-refractivity contribution in [2.45, 2.75) is 19.8 Å². The molecule has 0 amide bonds. The number of nitrogens with zero attached hydrogens (tertiary/aromatic N) is 1. The van der Waals surface area contributed by atoms with Gasteiger partial charge in [-0.2, -0.15) is 0 Å². The van der Waals surface area contributed by atoms with Gasteiger partial charge >= 0.3 is 0 Å². The van der Waals surface area contributed by atoms with E-state index in [-0.39, 0.29) is 0 Å². The van der Waals surface area contributed by atoms with Gasteiger partial charge in [0.05, 0.1) is 5.69 Å². The van der Waals surface area contributed by atoms with E-state index in [1.54, 1.807) is 0 Å². The summed E-state index contributed by atoms with van der Waals surface area (Å²) < 4.78 is 0. The van der Waals surface area contributed by atoms with Crippen molar-refractivity contribution < 1.29 is 0 Å². The number of hydrogen-bond donors (Lipinski definition) is 0. The Hall–Kier alpha value is -1.63. The molecule has 1 nitrogen and oxygen atoms in total. The van der Waals surface area contributed by atoms with Crippen molar-refractivity contribution in [3.63, 3.8) is 0 Å². The van der Waals surface area contributed by atoms with E-state index in [1.165, 1.54) is 11.1 Å². The zero-order valence-corrected chi connectivity index (χ0v) is 9.14. The highest BCUT2D eigenvalue weighted by molar-refractivity contribution is 5.59. The second-order valence-electron chi connectivity index (χ2n) is 4.00. The Morgan fingerprint density at radius 2 is 1.87 bits per heavy atom. The maximum atomic E-state index is 4.35. The Kier molecular flexibility index (Phi) is 2.82. The predicted molar refractivity (Wildman–Crippen MR) is 63.8 cm³/mol. The minimum atomic E-state index is 0.564. The number of rotatable bonds is 2. The fourth-order valence-corrected chi connectivity index (χ4v) is 1.59. The maximum Gasteiger partial charge on any atom is 0.0702 e. The van der Waals surface area contributed by atoms with Gasteiger partial charge in [-0.25, -0.2) is 0 Å². The highest BCUT2D eigenvalue weighted by Crippen LogP contribution is 2.21. The Labute approximate surface area is 90.8 Å². The van der Waals surface area contributed by atoms with E-state index in [0.717, 1.165) is 5.69 Å². The van der Waals surface area contributed by atoms with E-state index in [4.69, 9.17) is 0 Å². The minimum absolute atomic E-state index is 0.564. The predicted octanol–water partition coefficient (Wildman–Crippen LogP) is 3.87. The lowest BCUT2D eigenvalue weighted by Gasteiger charge is -2.07. The summed E-state index contributed by atoms with van der Waals surface area (Å²) in [6, 6.07) is 14.6. The molecule has 1 heteroatoms. The minimum Gasteiger partial charge on any atom is -0.256 e. The normalized spacial score (nSPS) is 10.6. The van der Waals surface area contributed by atoms with Crippen molar-refractivity contribution >= 4 is 0 Å². The number of benzene rings is 1. The first-order valence-corrected chi connectivity index (χ1v) is 5.29. The molecule has 1 heterocycles. The van der Waals surface area contributed by atoms with Gasteiger partial charge in [0.2, 0.25) is 0 Å². The van der Waals surface area contributed by atoms with Gasteiger partial charge in [0.15, 0.2) is 0 Å². The summed E-state index contributed by atoms with van der Waals surface area (Å²) in [5.74, 6) is 0.564. The van der Waals surface area contributed by atoms with E-state index in [2.05, 4.69) is 43.1 Å². The van der Waals surface area contributed by atoms with E-state index in [9.17, 15) is 0 Å². The van der Waals surface area contributed by atoms with E-state index in [0.29, 0.717) is 5.92 Å². The van der Waals surface area contributed by atoms with Crippen LogP contribution in [0.25, 0.3) is 11.3 Å². The quantitative estimate of drug-likeness (QED) is 0.712. The number of hydrogen-bond acceptors (Lipinski definition) is 1. The van der Waals surface area contributed by atoms with Crippen molar-refractivity contribution in [2.75, 3.05) is 0 Å².